The fourth-order valence-corrected chi connectivity index (χ4v) is 3.78. The van der Waals surface area contributed by atoms with Gasteiger partial charge in [-0.15, -0.1) is 0 Å². The van der Waals surface area contributed by atoms with Gasteiger partial charge in [0.15, 0.2) is 0 Å². The van der Waals surface area contributed by atoms with Crippen LogP contribution in [0.2, 0.25) is 0 Å². The van der Waals surface area contributed by atoms with E-state index in [-0.39, 0.29) is 11.5 Å². The predicted octanol–water partition coefficient (Wildman–Crippen LogP) is 7.54. The van der Waals surface area contributed by atoms with Gasteiger partial charge in [-0.2, -0.15) is 8.42 Å². The maximum Gasteiger partial charge on any atom is 0.297 e. The number of benzene rings is 1. The monoisotopic (exact) mass is 430 g/mol. The van der Waals surface area contributed by atoms with E-state index in [1.807, 2.05) is 13.0 Å². The molecule has 30 heavy (non-hydrogen) atoms. The molecule has 0 heterocycles. The van der Waals surface area contributed by atoms with Crippen LogP contribution in [0.15, 0.2) is 81.8 Å². The molecule has 0 aliphatic heterocycles. The Hall–Kier alpha value is -1.91. The van der Waals surface area contributed by atoms with Crippen molar-refractivity contribution in [2.24, 2.45) is 0 Å². The van der Waals surface area contributed by atoms with E-state index in [9.17, 15) is 8.42 Å². The van der Waals surface area contributed by atoms with E-state index in [1.54, 1.807) is 30.3 Å². The predicted molar refractivity (Wildman–Crippen MR) is 128 cm³/mol. The van der Waals surface area contributed by atoms with Crippen molar-refractivity contribution >= 4 is 10.1 Å². The van der Waals surface area contributed by atoms with Crippen molar-refractivity contribution in [1.82, 2.24) is 0 Å². The van der Waals surface area contributed by atoms with Crippen molar-refractivity contribution < 1.29 is 12.6 Å². The molecule has 0 atom stereocenters. The van der Waals surface area contributed by atoms with Gasteiger partial charge in [-0.3, -0.25) is 4.18 Å². The van der Waals surface area contributed by atoms with Crippen molar-refractivity contribution in [2.75, 3.05) is 6.61 Å². The Labute approximate surface area is 184 Å². The summed E-state index contributed by atoms with van der Waals surface area (Å²) in [4.78, 5) is 0.191. The highest BCUT2D eigenvalue weighted by Gasteiger charge is 2.13. The molecule has 0 radical (unpaired) electrons. The standard InChI is InChI=1S/C26H38O3S/c1-22(2)12-9-13-23(3)14-10-15-24(4)16-11-17-25(5)20-21-29-30(27,28)26-18-7-6-8-19-26/h6-8,12,14,16,18-20H,9-11,13,15,17,21H2,1-5H3. The second-order valence-electron chi connectivity index (χ2n) is 8.10. The van der Waals surface area contributed by atoms with Crippen LogP contribution in [0.3, 0.4) is 0 Å². The van der Waals surface area contributed by atoms with E-state index in [1.165, 1.54) is 16.7 Å². The summed E-state index contributed by atoms with van der Waals surface area (Å²) in [5.74, 6) is 0. The highest BCUT2D eigenvalue weighted by atomic mass is 32.2. The van der Waals surface area contributed by atoms with Crippen molar-refractivity contribution in [3.63, 3.8) is 0 Å². The van der Waals surface area contributed by atoms with Gasteiger partial charge >= 0.3 is 0 Å². The molecular weight excluding hydrogens is 392 g/mol. The first kappa shape index (κ1) is 26.1. The zero-order valence-corrected chi connectivity index (χ0v) is 20.1. The van der Waals surface area contributed by atoms with Gasteiger partial charge in [-0.25, -0.2) is 0 Å². The smallest absolute Gasteiger partial charge is 0.262 e. The lowest BCUT2D eigenvalue weighted by Crippen LogP contribution is -2.06. The quantitative estimate of drug-likeness (QED) is 0.240. The molecular formula is C26H38O3S. The van der Waals surface area contributed by atoms with E-state index in [4.69, 9.17) is 4.18 Å². The summed E-state index contributed by atoms with van der Waals surface area (Å²) in [5, 5.41) is 0. The SMILES string of the molecule is CC(C)=CCCC(C)=CCCC(C)=CCCC(C)=CCOS(=O)(=O)c1ccccc1. The Balaban J connectivity index is 2.32. The average molecular weight is 431 g/mol. The van der Waals surface area contributed by atoms with Crippen LogP contribution in [0.4, 0.5) is 0 Å². The molecule has 1 rings (SSSR count). The van der Waals surface area contributed by atoms with Crippen molar-refractivity contribution in [2.45, 2.75) is 78.0 Å². The summed E-state index contributed by atoms with van der Waals surface area (Å²) in [6.45, 7) is 10.8. The summed E-state index contributed by atoms with van der Waals surface area (Å²) in [6, 6.07) is 8.24. The minimum Gasteiger partial charge on any atom is -0.262 e. The molecule has 0 unspecified atom stereocenters. The summed E-state index contributed by atoms with van der Waals surface area (Å²) in [7, 11) is -3.68. The van der Waals surface area contributed by atoms with Crippen molar-refractivity contribution in [3.05, 3.63) is 76.9 Å². The molecule has 1 aromatic rings. The van der Waals surface area contributed by atoms with Gasteiger partial charge in [0.25, 0.3) is 10.1 Å². The molecule has 0 amide bonds. The number of hydrogen-bond donors (Lipinski definition) is 0. The number of allylic oxidation sites excluding steroid dienone is 7. The van der Waals surface area contributed by atoms with Crippen molar-refractivity contribution in [3.8, 4) is 0 Å². The largest absolute Gasteiger partial charge is 0.297 e. The van der Waals surface area contributed by atoms with E-state index in [0.29, 0.717) is 0 Å². The van der Waals surface area contributed by atoms with Crippen LogP contribution < -0.4 is 0 Å². The number of hydrogen-bond acceptors (Lipinski definition) is 3. The summed E-state index contributed by atoms with van der Waals surface area (Å²) in [6.07, 6.45) is 15.1. The molecule has 1 aromatic carbocycles. The zero-order chi connectivity index (χ0) is 22.4. The van der Waals surface area contributed by atoms with Crippen LogP contribution in [0, 0.1) is 0 Å². The Bertz CT molecular complexity index is 853. The molecule has 0 saturated heterocycles. The molecule has 0 fully saturated rings. The third-order valence-electron chi connectivity index (χ3n) is 4.84. The van der Waals surface area contributed by atoms with E-state index in [2.05, 4.69) is 45.9 Å². The van der Waals surface area contributed by atoms with E-state index < -0.39 is 10.1 Å². The number of rotatable bonds is 13. The molecule has 4 heteroatoms. The van der Waals surface area contributed by atoms with Gasteiger partial charge in [-0.1, -0.05) is 64.8 Å². The summed E-state index contributed by atoms with van der Waals surface area (Å²) < 4.78 is 29.3. The molecule has 0 N–H and O–H groups in total. The molecule has 0 spiro atoms. The Kier molecular flexibility index (Phi) is 12.3. The van der Waals surface area contributed by atoms with Gasteiger partial charge in [0.05, 0.1) is 11.5 Å². The van der Waals surface area contributed by atoms with E-state index in [0.717, 1.165) is 44.1 Å². The lowest BCUT2D eigenvalue weighted by Gasteiger charge is -2.05. The van der Waals surface area contributed by atoms with Crippen LogP contribution in [0.25, 0.3) is 0 Å². The van der Waals surface area contributed by atoms with Gasteiger partial charge in [-0.05, 0) is 85.3 Å². The highest BCUT2D eigenvalue weighted by molar-refractivity contribution is 7.86. The lowest BCUT2D eigenvalue weighted by molar-refractivity contribution is 0.356. The van der Waals surface area contributed by atoms with Crippen LogP contribution in [-0.2, 0) is 14.3 Å². The van der Waals surface area contributed by atoms with Crippen LogP contribution >= 0.6 is 0 Å². The Morgan fingerprint density at radius 3 is 1.70 bits per heavy atom. The zero-order valence-electron chi connectivity index (χ0n) is 19.3. The van der Waals surface area contributed by atoms with Crippen LogP contribution in [0.1, 0.15) is 73.1 Å². The summed E-state index contributed by atoms with van der Waals surface area (Å²) >= 11 is 0. The maximum atomic E-state index is 12.1. The van der Waals surface area contributed by atoms with Crippen molar-refractivity contribution in [1.29, 1.82) is 0 Å². The van der Waals surface area contributed by atoms with Gasteiger partial charge in [0, 0.05) is 0 Å². The fraction of sp³-hybridized carbons (Fsp3) is 0.462. The lowest BCUT2D eigenvalue weighted by atomic mass is 10.0. The normalized spacial score (nSPS) is 13.4. The van der Waals surface area contributed by atoms with E-state index >= 15 is 0 Å². The molecule has 0 aliphatic carbocycles. The van der Waals surface area contributed by atoms with Crippen LogP contribution in [-0.4, -0.2) is 15.0 Å². The van der Waals surface area contributed by atoms with Crippen LogP contribution in [0.5, 0.6) is 0 Å². The first-order valence-corrected chi connectivity index (χ1v) is 12.2. The molecule has 3 nitrogen and oxygen atoms in total. The maximum absolute atomic E-state index is 12.1. The topological polar surface area (TPSA) is 43.4 Å². The third-order valence-corrected chi connectivity index (χ3v) is 6.14. The Morgan fingerprint density at radius 2 is 1.20 bits per heavy atom. The minimum absolute atomic E-state index is 0.0720. The second kappa shape index (κ2) is 14.2. The molecule has 0 saturated carbocycles. The first-order chi connectivity index (χ1) is 14.2. The summed E-state index contributed by atoms with van der Waals surface area (Å²) in [5.41, 5.74) is 5.39. The fourth-order valence-electron chi connectivity index (χ4n) is 2.91. The van der Waals surface area contributed by atoms with Gasteiger partial charge < -0.3 is 0 Å². The molecule has 0 bridgehead atoms. The highest BCUT2D eigenvalue weighted by Crippen LogP contribution is 2.14. The first-order valence-electron chi connectivity index (χ1n) is 10.8. The second-order valence-corrected chi connectivity index (χ2v) is 9.72. The Morgan fingerprint density at radius 1 is 0.733 bits per heavy atom. The average Bonchev–Trinajstić information content (AvgIpc) is 2.68. The third kappa shape index (κ3) is 11.9. The molecule has 0 aromatic heterocycles. The van der Waals surface area contributed by atoms with Gasteiger partial charge in [0.2, 0.25) is 0 Å². The molecule has 0 aliphatic rings. The minimum atomic E-state index is -3.68. The van der Waals surface area contributed by atoms with Gasteiger partial charge in [0.1, 0.15) is 0 Å². The molecule has 166 valence electrons.